The van der Waals surface area contributed by atoms with Crippen molar-refractivity contribution < 1.29 is 41.4 Å². The monoisotopic (exact) mass is 744 g/mol. The summed E-state index contributed by atoms with van der Waals surface area (Å²) < 4.78 is 13.8. The molecule has 0 aromatic heterocycles. The second kappa shape index (κ2) is 14.9. The van der Waals surface area contributed by atoms with Crippen molar-refractivity contribution >= 4 is 43.1 Å². The van der Waals surface area contributed by atoms with Gasteiger partial charge < -0.3 is 34.5 Å². The zero-order valence-corrected chi connectivity index (χ0v) is 32.6. The Bertz CT molecular complexity index is 2260. The van der Waals surface area contributed by atoms with Gasteiger partial charge in [0.15, 0.2) is 5.79 Å². The van der Waals surface area contributed by atoms with Crippen LogP contribution in [-0.4, -0.2) is 28.2 Å². The van der Waals surface area contributed by atoms with E-state index < -0.39 is 29.2 Å². The third-order valence-electron chi connectivity index (χ3n) is 10.7. The van der Waals surface area contributed by atoms with Gasteiger partial charge in [-0.05, 0) is 103 Å². The SMILES string of the molecule is CC1(C)O[C@H](C(O)(c2ccc3ccccc3c2)c2ccc3ccccc3c2)[C@@H](C(O)(c2ccc3ccccc3c2)c2ccc3ccccc3c2)O1.[CH3-].[CH3-].[Ti+2]. The van der Waals surface area contributed by atoms with E-state index in [-0.39, 0.29) is 36.6 Å². The molecule has 54 heavy (non-hydrogen) atoms. The maximum Gasteiger partial charge on any atom is 2.00 e. The van der Waals surface area contributed by atoms with Gasteiger partial charge in [0.2, 0.25) is 0 Å². The van der Waals surface area contributed by atoms with Crippen molar-refractivity contribution in [3.05, 3.63) is 207 Å². The fraction of sp³-hybridized carbons (Fsp3) is 0.143. The Kier molecular flexibility index (Phi) is 10.8. The van der Waals surface area contributed by atoms with Gasteiger partial charge >= 0.3 is 21.7 Å². The minimum absolute atomic E-state index is 0. The summed E-state index contributed by atoms with van der Waals surface area (Å²) in [7, 11) is 0. The third kappa shape index (κ3) is 6.48. The van der Waals surface area contributed by atoms with Gasteiger partial charge in [0.05, 0.1) is 0 Å². The van der Waals surface area contributed by atoms with Crippen molar-refractivity contribution in [3.8, 4) is 0 Å². The molecule has 0 unspecified atom stereocenters. The fourth-order valence-electron chi connectivity index (χ4n) is 8.07. The quantitative estimate of drug-likeness (QED) is 0.131. The van der Waals surface area contributed by atoms with E-state index >= 15 is 0 Å². The molecule has 1 heterocycles. The fourth-order valence-corrected chi connectivity index (χ4v) is 8.07. The third-order valence-corrected chi connectivity index (χ3v) is 10.7. The van der Waals surface area contributed by atoms with E-state index in [0.717, 1.165) is 43.1 Å². The summed E-state index contributed by atoms with van der Waals surface area (Å²) in [5.74, 6) is -1.15. The summed E-state index contributed by atoms with van der Waals surface area (Å²) in [4.78, 5) is 0. The molecule has 2 N–H and O–H groups in total. The zero-order valence-electron chi connectivity index (χ0n) is 31.0. The summed E-state index contributed by atoms with van der Waals surface area (Å²) >= 11 is 0. The van der Waals surface area contributed by atoms with E-state index in [1.165, 1.54) is 0 Å². The Hall–Kier alpha value is -4.65. The van der Waals surface area contributed by atoms with Crippen LogP contribution in [0, 0.1) is 14.9 Å². The van der Waals surface area contributed by atoms with E-state index in [0.29, 0.717) is 22.3 Å². The number of hydrogen-bond donors (Lipinski definition) is 2. The molecule has 0 spiro atoms. The average Bonchev–Trinajstić information content (AvgIpc) is 3.52. The van der Waals surface area contributed by atoms with Gasteiger partial charge in [0.25, 0.3) is 0 Å². The minimum Gasteiger partial charge on any atom is -0.378 e. The van der Waals surface area contributed by atoms with Crippen molar-refractivity contribution in [2.24, 2.45) is 0 Å². The molecule has 1 aliphatic rings. The number of rotatable bonds is 6. The van der Waals surface area contributed by atoms with Crippen molar-refractivity contribution in [2.75, 3.05) is 0 Å². The van der Waals surface area contributed by atoms with Crippen LogP contribution in [0.5, 0.6) is 0 Å². The predicted molar refractivity (Wildman–Crippen MR) is 218 cm³/mol. The molecule has 0 aliphatic carbocycles. The van der Waals surface area contributed by atoms with E-state index in [2.05, 4.69) is 24.3 Å². The zero-order chi connectivity index (χ0) is 34.8. The molecule has 0 bridgehead atoms. The van der Waals surface area contributed by atoms with Gasteiger partial charge in [-0.2, -0.15) is 0 Å². The summed E-state index contributed by atoms with van der Waals surface area (Å²) in [5, 5.41) is 35.5. The number of fused-ring (bicyclic) bond motifs is 4. The molecule has 0 radical (unpaired) electrons. The molecule has 2 atom stereocenters. The van der Waals surface area contributed by atoms with Gasteiger partial charge in [-0.15, -0.1) is 0 Å². The molecule has 4 nitrogen and oxygen atoms in total. The first-order valence-corrected chi connectivity index (χ1v) is 17.5. The maximum atomic E-state index is 13.7. The number of ether oxygens (including phenoxy) is 2. The Morgan fingerprint density at radius 2 is 0.611 bits per heavy atom. The Morgan fingerprint density at radius 1 is 0.389 bits per heavy atom. The van der Waals surface area contributed by atoms with Crippen LogP contribution in [-0.2, 0) is 42.4 Å². The van der Waals surface area contributed by atoms with Crippen LogP contribution in [0.4, 0.5) is 0 Å². The van der Waals surface area contributed by atoms with E-state index in [1.807, 2.05) is 159 Å². The van der Waals surface area contributed by atoms with Gasteiger partial charge in [-0.3, -0.25) is 0 Å². The van der Waals surface area contributed by atoms with Crippen molar-refractivity contribution in [1.29, 1.82) is 0 Å². The molecule has 5 heteroatoms. The number of aliphatic hydroxyl groups is 2. The summed E-state index contributed by atoms with van der Waals surface area (Å²) in [5.41, 5.74) is -0.930. The van der Waals surface area contributed by atoms with Gasteiger partial charge in [-0.1, -0.05) is 146 Å². The van der Waals surface area contributed by atoms with Crippen molar-refractivity contribution in [2.45, 2.75) is 43.0 Å². The first-order valence-electron chi connectivity index (χ1n) is 17.5. The van der Waals surface area contributed by atoms with Crippen molar-refractivity contribution in [3.63, 3.8) is 0 Å². The molecule has 8 aromatic carbocycles. The van der Waals surface area contributed by atoms with Crippen LogP contribution in [0.25, 0.3) is 43.1 Å². The smallest absolute Gasteiger partial charge is 0.378 e. The topological polar surface area (TPSA) is 58.9 Å². The Balaban J connectivity index is 0.00000166. The van der Waals surface area contributed by atoms with Crippen LogP contribution in [0.3, 0.4) is 0 Å². The number of benzene rings is 8. The maximum absolute atomic E-state index is 13.7. The largest absolute Gasteiger partial charge is 2.00 e. The van der Waals surface area contributed by atoms with Crippen LogP contribution >= 0.6 is 0 Å². The van der Waals surface area contributed by atoms with Crippen LogP contribution in [0.1, 0.15) is 36.1 Å². The Morgan fingerprint density at radius 3 is 0.852 bits per heavy atom. The molecule has 1 saturated heterocycles. The second-order valence-corrected chi connectivity index (χ2v) is 14.3. The van der Waals surface area contributed by atoms with E-state index in [4.69, 9.17) is 9.47 Å². The van der Waals surface area contributed by atoms with Gasteiger partial charge in [0, 0.05) is 0 Å². The van der Waals surface area contributed by atoms with E-state index in [9.17, 15) is 10.2 Å². The van der Waals surface area contributed by atoms with Crippen molar-refractivity contribution in [1.82, 2.24) is 0 Å². The Labute approximate surface area is 332 Å². The molecule has 9 rings (SSSR count). The van der Waals surface area contributed by atoms with Crippen LogP contribution < -0.4 is 0 Å². The van der Waals surface area contributed by atoms with Gasteiger partial charge in [0.1, 0.15) is 23.4 Å². The second-order valence-electron chi connectivity index (χ2n) is 14.3. The molecule has 268 valence electrons. The average molecular weight is 745 g/mol. The molecule has 0 saturated carbocycles. The standard InChI is InChI=1S/C47H38O4.2CH3.Ti/c1-45(2)50-43(46(48,39-23-19-31-11-3-7-15-35(31)27-39)40-24-20-32-12-4-8-16-36(32)28-40)44(51-45)47(49,41-25-21-33-13-5-9-17-37(33)29-41)42-26-22-34-14-6-10-18-38(34)30-42;;;/h3-30,43-44,48-49H,1-2H3;2*1H3;/q;2*-1;+2/t43-,44-;;;/m0.../s1. The van der Waals surface area contributed by atoms with Gasteiger partial charge in [-0.25, -0.2) is 0 Å². The molecular formula is C49H44O4Ti. The van der Waals surface area contributed by atoms with E-state index in [1.54, 1.807) is 0 Å². The first-order chi connectivity index (χ1) is 24.7. The number of hydrogen-bond acceptors (Lipinski definition) is 4. The molecular weight excluding hydrogens is 700 g/mol. The minimum atomic E-state index is -1.76. The molecule has 0 amide bonds. The summed E-state index contributed by atoms with van der Waals surface area (Å²) in [6, 6.07) is 56.6. The predicted octanol–water partition coefficient (Wildman–Crippen LogP) is 10.9. The molecule has 1 aliphatic heterocycles. The van der Waals surface area contributed by atoms with Crippen LogP contribution in [0.15, 0.2) is 170 Å². The van der Waals surface area contributed by atoms with Crippen LogP contribution in [0.2, 0.25) is 0 Å². The normalized spacial score (nSPS) is 16.8. The molecule has 8 aromatic rings. The molecule has 1 fully saturated rings. The summed E-state index contributed by atoms with van der Waals surface area (Å²) in [6.07, 6.45) is -2.12. The first kappa shape index (κ1) is 39.1. The summed E-state index contributed by atoms with van der Waals surface area (Å²) in [6.45, 7) is 3.70.